The van der Waals surface area contributed by atoms with Gasteiger partial charge in [-0.25, -0.2) is 15.0 Å². The first kappa shape index (κ1) is 15.2. The van der Waals surface area contributed by atoms with Crippen LogP contribution in [0.15, 0.2) is 24.7 Å². The summed E-state index contributed by atoms with van der Waals surface area (Å²) in [5.74, 6) is 1.52. The van der Waals surface area contributed by atoms with Gasteiger partial charge in [0.2, 0.25) is 5.88 Å². The fraction of sp³-hybridized carbons (Fsp3) is 0.438. The zero-order valence-electron chi connectivity index (χ0n) is 12.9. The summed E-state index contributed by atoms with van der Waals surface area (Å²) in [6, 6.07) is 3.86. The van der Waals surface area contributed by atoms with Gasteiger partial charge in [-0.3, -0.25) is 0 Å². The van der Waals surface area contributed by atoms with Gasteiger partial charge in [0, 0.05) is 29.9 Å². The third-order valence-corrected chi connectivity index (χ3v) is 3.21. The number of ether oxygens (including phenoxy) is 1. The predicted molar refractivity (Wildman–Crippen MR) is 84.6 cm³/mol. The first-order valence-electron chi connectivity index (χ1n) is 7.38. The Morgan fingerprint density at radius 2 is 2.00 bits per heavy atom. The summed E-state index contributed by atoms with van der Waals surface area (Å²) in [6.45, 7) is 5.21. The van der Waals surface area contributed by atoms with Crippen LogP contribution < -0.4 is 10.1 Å². The predicted octanol–water partition coefficient (Wildman–Crippen LogP) is 3.32. The summed E-state index contributed by atoms with van der Waals surface area (Å²) in [7, 11) is 1.62. The summed E-state index contributed by atoms with van der Waals surface area (Å²) in [4.78, 5) is 13.0. The minimum absolute atomic E-state index is 0.594. The number of hydrogen-bond donors (Lipinski definition) is 1. The van der Waals surface area contributed by atoms with Crippen molar-refractivity contribution >= 4 is 5.82 Å². The van der Waals surface area contributed by atoms with Crippen LogP contribution in [0.3, 0.4) is 0 Å². The summed E-state index contributed by atoms with van der Waals surface area (Å²) in [5, 5.41) is 3.39. The summed E-state index contributed by atoms with van der Waals surface area (Å²) < 4.78 is 5.20. The number of nitrogens with zero attached hydrogens (tertiary/aromatic N) is 3. The molecular weight excluding hydrogens is 264 g/mol. The Morgan fingerprint density at radius 3 is 2.71 bits per heavy atom. The average Bonchev–Trinajstić information content (AvgIpc) is 2.54. The number of methoxy groups -OCH3 is 1. The fourth-order valence-corrected chi connectivity index (χ4v) is 2.21. The standard InChI is InChI=1S/C16H22N4O/c1-4-6-13-15(12-7-9-17-14(10-12)21-3)19-11-20-16(13)18-8-5-2/h7,9-11H,4-6,8H2,1-3H3,(H,18,19,20). The maximum absolute atomic E-state index is 5.20. The van der Waals surface area contributed by atoms with E-state index >= 15 is 0 Å². The number of hydrogen-bond acceptors (Lipinski definition) is 5. The highest BCUT2D eigenvalue weighted by atomic mass is 16.5. The monoisotopic (exact) mass is 286 g/mol. The van der Waals surface area contributed by atoms with Crippen LogP contribution in [0.4, 0.5) is 5.82 Å². The van der Waals surface area contributed by atoms with E-state index in [9.17, 15) is 0 Å². The van der Waals surface area contributed by atoms with Crippen LogP contribution in [-0.4, -0.2) is 28.6 Å². The molecule has 0 amide bonds. The molecule has 0 aliphatic carbocycles. The van der Waals surface area contributed by atoms with E-state index < -0.39 is 0 Å². The second kappa shape index (κ2) is 7.57. The number of nitrogens with one attached hydrogen (secondary N) is 1. The first-order chi connectivity index (χ1) is 10.3. The number of aromatic nitrogens is 3. The third-order valence-electron chi connectivity index (χ3n) is 3.21. The molecule has 0 saturated heterocycles. The lowest BCUT2D eigenvalue weighted by Crippen LogP contribution is -2.08. The number of pyridine rings is 1. The van der Waals surface area contributed by atoms with Crippen LogP contribution in [0, 0.1) is 0 Å². The van der Waals surface area contributed by atoms with E-state index in [4.69, 9.17) is 4.74 Å². The van der Waals surface area contributed by atoms with Crippen molar-refractivity contribution in [2.45, 2.75) is 33.1 Å². The maximum atomic E-state index is 5.20. The Morgan fingerprint density at radius 1 is 1.14 bits per heavy atom. The Labute approximate surface area is 125 Å². The lowest BCUT2D eigenvalue weighted by Gasteiger charge is -2.14. The third kappa shape index (κ3) is 3.68. The molecule has 0 bridgehead atoms. The first-order valence-corrected chi connectivity index (χ1v) is 7.38. The van der Waals surface area contributed by atoms with Gasteiger partial charge in [-0.15, -0.1) is 0 Å². The molecule has 21 heavy (non-hydrogen) atoms. The van der Waals surface area contributed by atoms with Crippen LogP contribution in [0.25, 0.3) is 11.3 Å². The van der Waals surface area contributed by atoms with Crippen molar-refractivity contribution in [1.82, 2.24) is 15.0 Å². The molecule has 0 radical (unpaired) electrons. The Balaban J connectivity index is 2.45. The van der Waals surface area contributed by atoms with E-state index in [1.54, 1.807) is 19.6 Å². The topological polar surface area (TPSA) is 59.9 Å². The molecule has 0 fully saturated rings. The van der Waals surface area contributed by atoms with Gasteiger partial charge in [-0.2, -0.15) is 0 Å². The largest absolute Gasteiger partial charge is 0.481 e. The van der Waals surface area contributed by atoms with Crippen LogP contribution in [0.5, 0.6) is 5.88 Å². The Kier molecular flexibility index (Phi) is 5.49. The van der Waals surface area contributed by atoms with Crippen LogP contribution in [0.2, 0.25) is 0 Å². The normalized spacial score (nSPS) is 10.4. The van der Waals surface area contributed by atoms with E-state index in [0.717, 1.165) is 48.4 Å². The van der Waals surface area contributed by atoms with Crippen molar-refractivity contribution in [3.63, 3.8) is 0 Å². The van der Waals surface area contributed by atoms with Crippen LogP contribution in [-0.2, 0) is 6.42 Å². The van der Waals surface area contributed by atoms with Gasteiger partial charge in [0.1, 0.15) is 12.1 Å². The molecule has 0 saturated carbocycles. The van der Waals surface area contributed by atoms with Gasteiger partial charge in [0.15, 0.2) is 0 Å². The second-order valence-corrected chi connectivity index (χ2v) is 4.81. The van der Waals surface area contributed by atoms with Crippen molar-refractivity contribution in [2.24, 2.45) is 0 Å². The quantitative estimate of drug-likeness (QED) is 0.846. The number of anilines is 1. The SMILES string of the molecule is CCCNc1ncnc(-c2ccnc(OC)c2)c1CCC. The van der Waals surface area contributed by atoms with Gasteiger partial charge in [0.25, 0.3) is 0 Å². The van der Waals surface area contributed by atoms with Crippen molar-refractivity contribution in [3.8, 4) is 17.1 Å². The molecule has 2 aromatic rings. The lowest BCUT2D eigenvalue weighted by molar-refractivity contribution is 0.398. The van der Waals surface area contributed by atoms with E-state index in [1.807, 2.05) is 12.1 Å². The summed E-state index contributed by atoms with van der Waals surface area (Å²) >= 11 is 0. The molecule has 5 nitrogen and oxygen atoms in total. The van der Waals surface area contributed by atoms with E-state index in [-0.39, 0.29) is 0 Å². The molecule has 1 N–H and O–H groups in total. The molecule has 0 aliphatic heterocycles. The highest BCUT2D eigenvalue weighted by Crippen LogP contribution is 2.28. The molecule has 0 atom stereocenters. The molecule has 5 heteroatoms. The zero-order chi connectivity index (χ0) is 15.1. The van der Waals surface area contributed by atoms with Gasteiger partial charge < -0.3 is 10.1 Å². The molecule has 112 valence electrons. The van der Waals surface area contributed by atoms with Crippen LogP contribution >= 0.6 is 0 Å². The van der Waals surface area contributed by atoms with Crippen molar-refractivity contribution in [1.29, 1.82) is 0 Å². The Bertz CT molecular complexity index is 586. The highest BCUT2D eigenvalue weighted by molar-refractivity contribution is 5.68. The zero-order valence-corrected chi connectivity index (χ0v) is 12.9. The molecule has 0 spiro atoms. The fourth-order valence-electron chi connectivity index (χ4n) is 2.21. The highest BCUT2D eigenvalue weighted by Gasteiger charge is 2.13. The summed E-state index contributed by atoms with van der Waals surface area (Å²) in [6.07, 6.45) is 6.40. The van der Waals surface area contributed by atoms with Crippen LogP contribution in [0.1, 0.15) is 32.3 Å². The van der Waals surface area contributed by atoms with E-state index in [2.05, 4.69) is 34.1 Å². The molecule has 2 aromatic heterocycles. The molecule has 0 aromatic carbocycles. The molecule has 0 unspecified atom stereocenters. The Hall–Kier alpha value is -2.17. The van der Waals surface area contributed by atoms with Gasteiger partial charge in [0.05, 0.1) is 12.8 Å². The molecule has 2 heterocycles. The van der Waals surface area contributed by atoms with E-state index in [0.29, 0.717) is 5.88 Å². The van der Waals surface area contributed by atoms with Gasteiger partial charge in [-0.1, -0.05) is 20.3 Å². The second-order valence-electron chi connectivity index (χ2n) is 4.81. The van der Waals surface area contributed by atoms with Gasteiger partial charge >= 0.3 is 0 Å². The van der Waals surface area contributed by atoms with Crippen molar-refractivity contribution < 1.29 is 4.74 Å². The minimum atomic E-state index is 0.594. The summed E-state index contributed by atoms with van der Waals surface area (Å²) in [5.41, 5.74) is 3.11. The number of rotatable bonds is 7. The maximum Gasteiger partial charge on any atom is 0.213 e. The average molecular weight is 286 g/mol. The molecule has 0 aliphatic rings. The van der Waals surface area contributed by atoms with Crippen molar-refractivity contribution in [2.75, 3.05) is 19.0 Å². The minimum Gasteiger partial charge on any atom is -0.481 e. The lowest BCUT2D eigenvalue weighted by atomic mass is 10.0. The molecule has 2 rings (SSSR count). The molecular formula is C16H22N4O. The van der Waals surface area contributed by atoms with Gasteiger partial charge in [-0.05, 0) is 18.9 Å². The van der Waals surface area contributed by atoms with E-state index in [1.165, 1.54) is 0 Å². The van der Waals surface area contributed by atoms with Crippen molar-refractivity contribution in [3.05, 3.63) is 30.2 Å². The smallest absolute Gasteiger partial charge is 0.213 e.